The van der Waals surface area contributed by atoms with Crippen molar-refractivity contribution >= 4 is 27.8 Å². The summed E-state index contributed by atoms with van der Waals surface area (Å²) in [5.74, 6) is 0.515. The van der Waals surface area contributed by atoms with E-state index in [1.807, 2.05) is 6.07 Å². The Hall–Kier alpha value is -1.03. The molecule has 0 aliphatic heterocycles. The van der Waals surface area contributed by atoms with Crippen LogP contribution in [0.4, 0.5) is 10.7 Å². The van der Waals surface area contributed by atoms with Gasteiger partial charge in [-0.05, 0) is 38.2 Å². The molecule has 3 N–H and O–H groups in total. The van der Waals surface area contributed by atoms with Crippen molar-refractivity contribution in [1.29, 1.82) is 0 Å². The molecular formula is C12H16N2OS. The van der Waals surface area contributed by atoms with Crippen molar-refractivity contribution in [2.45, 2.75) is 38.1 Å². The molecule has 0 radical (unpaired) electrons. The molecule has 0 saturated heterocycles. The number of carbonyl (C=O) groups is 1. The SMILES string of the molecule is Nc1cc(NC2CCC2)sc1C(=O)C1CC1. The molecule has 4 heteroatoms. The van der Waals surface area contributed by atoms with E-state index in [0.29, 0.717) is 11.7 Å². The minimum Gasteiger partial charge on any atom is -0.397 e. The summed E-state index contributed by atoms with van der Waals surface area (Å²) in [5, 5.41) is 4.50. The van der Waals surface area contributed by atoms with Crippen molar-refractivity contribution in [3.63, 3.8) is 0 Å². The van der Waals surface area contributed by atoms with Crippen LogP contribution < -0.4 is 11.1 Å². The van der Waals surface area contributed by atoms with Crippen LogP contribution in [0.2, 0.25) is 0 Å². The molecule has 0 atom stereocenters. The lowest BCUT2D eigenvalue weighted by atomic mass is 9.93. The monoisotopic (exact) mass is 236 g/mol. The number of nitrogens with one attached hydrogen (secondary N) is 1. The minimum absolute atomic E-state index is 0.254. The van der Waals surface area contributed by atoms with Crippen LogP contribution in [0.5, 0.6) is 0 Å². The van der Waals surface area contributed by atoms with E-state index in [4.69, 9.17) is 5.73 Å². The van der Waals surface area contributed by atoms with Gasteiger partial charge >= 0.3 is 0 Å². The molecule has 16 heavy (non-hydrogen) atoms. The number of anilines is 2. The zero-order valence-electron chi connectivity index (χ0n) is 9.16. The highest BCUT2D eigenvalue weighted by Gasteiger charge is 2.32. The van der Waals surface area contributed by atoms with Gasteiger partial charge in [0.15, 0.2) is 5.78 Å². The third-order valence-electron chi connectivity index (χ3n) is 3.38. The van der Waals surface area contributed by atoms with Crippen LogP contribution in [0.3, 0.4) is 0 Å². The number of carbonyl (C=O) groups excluding carboxylic acids is 1. The topological polar surface area (TPSA) is 55.1 Å². The Balaban J connectivity index is 1.74. The van der Waals surface area contributed by atoms with Gasteiger partial charge in [0.25, 0.3) is 0 Å². The van der Waals surface area contributed by atoms with E-state index in [1.54, 1.807) is 0 Å². The molecule has 3 rings (SSSR count). The second kappa shape index (κ2) is 3.77. The fraction of sp³-hybridized carbons (Fsp3) is 0.583. The molecule has 1 heterocycles. The molecule has 0 spiro atoms. The van der Waals surface area contributed by atoms with E-state index in [9.17, 15) is 4.79 Å². The fourth-order valence-corrected chi connectivity index (χ4v) is 3.03. The average molecular weight is 236 g/mol. The zero-order valence-corrected chi connectivity index (χ0v) is 9.98. The number of hydrogen-bond acceptors (Lipinski definition) is 4. The quantitative estimate of drug-likeness (QED) is 0.790. The Kier molecular flexibility index (Phi) is 2.39. The molecule has 0 bridgehead atoms. The van der Waals surface area contributed by atoms with E-state index in [0.717, 1.165) is 22.7 Å². The Morgan fingerprint density at radius 3 is 2.69 bits per heavy atom. The van der Waals surface area contributed by atoms with E-state index >= 15 is 0 Å². The molecule has 1 aromatic heterocycles. The highest BCUT2D eigenvalue weighted by molar-refractivity contribution is 7.18. The van der Waals surface area contributed by atoms with Gasteiger partial charge in [-0.2, -0.15) is 0 Å². The fourth-order valence-electron chi connectivity index (χ4n) is 1.95. The van der Waals surface area contributed by atoms with E-state index in [-0.39, 0.29) is 11.7 Å². The zero-order chi connectivity index (χ0) is 11.1. The van der Waals surface area contributed by atoms with Gasteiger partial charge in [-0.3, -0.25) is 4.79 Å². The van der Waals surface area contributed by atoms with E-state index in [2.05, 4.69) is 5.32 Å². The van der Waals surface area contributed by atoms with E-state index < -0.39 is 0 Å². The molecule has 2 saturated carbocycles. The van der Waals surface area contributed by atoms with Gasteiger partial charge in [0, 0.05) is 12.0 Å². The first kappa shape index (κ1) is 10.1. The maximum atomic E-state index is 11.9. The standard InChI is InChI=1S/C12H16N2OS/c13-9-6-10(14-8-2-1-3-8)16-12(9)11(15)7-4-5-7/h6-8,14H,1-5,13H2. The number of Topliss-reactive ketones (excluding diaryl/α,β-unsaturated/α-hetero) is 1. The first-order valence-electron chi connectivity index (χ1n) is 5.94. The number of hydrogen-bond donors (Lipinski definition) is 2. The molecule has 1 aromatic rings. The van der Waals surface area contributed by atoms with Crippen LogP contribution in [-0.4, -0.2) is 11.8 Å². The summed E-state index contributed by atoms with van der Waals surface area (Å²) < 4.78 is 0. The summed E-state index contributed by atoms with van der Waals surface area (Å²) in [6, 6.07) is 2.51. The molecule has 0 amide bonds. The van der Waals surface area contributed by atoms with Gasteiger partial charge in [-0.15, -0.1) is 11.3 Å². The molecule has 0 unspecified atom stereocenters. The molecule has 86 valence electrons. The van der Waals surface area contributed by atoms with Crippen molar-refractivity contribution in [2.75, 3.05) is 11.1 Å². The summed E-state index contributed by atoms with van der Waals surface area (Å²) in [5.41, 5.74) is 6.55. The van der Waals surface area contributed by atoms with Gasteiger partial charge in [-0.1, -0.05) is 0 Å². The number of ketones is 1. The number of rotatable bonds is 4. The largest absolute Gasteiger partial charge is 0.397 e. The predicted octanol–water partition coefficient (Wildman–Crippen LogP) is 2.89. The molecule has 2 aliphatic carbocycles. The number of nitrogen functional groups attached to an aromatic ring is 1. The Labute approximate surface area is 99.0 Å². The second-order valence-electron chi connectivity index (χ2n) is 4.81. The summed E-state index contributed by atoms with van der Waals surface area (Å²) in [4.78, 5) is 12.7. The maximum Gasteiger partial charge on any atom is 0.178 e. The van der Waals surface area contributed by atoms with Crippen LogP contribution in [0.25, 0.3) is 0 Å². The minimum atomic E-state index is 0.254. The second-order valence-corrected chi connectivity index (χ2v) is 5.86. The van der Waals surface area contributed by atoms with Crippen molar-refractivity contribution in [2.24, 2.45) is 5.92 Å². The van der Waals surface area contributed by atoms with Gasteiger partial charge in [-0.25, -0.2) is 0 Å². The van der Waals surface area contributed by atoms with Gasteiger partial charge in [0.05, 0.1) is 15.6 Å². The van der Waals surface area contributed by atoms with Gasteiger partial charge in [0.1, 0.15) is 0 Å². The van der Waals surface area contributed by atoms with Crippen LogP contribution in [0, 0.1) is 5.92 Å². The molecule has 2 fully saturated rings. The lowest BCUT2D eigenvalue weighted by Gasteiger charge is -2.26. The van der Waals surface area contributed by atoms with Crippen molar-refractivity contribution in [3.05, 3.63) is 10.9 Å². The van der Waals surface area contributed by atoms with Gasteiger partial charge < -0.3 is 11.1 Å². The van der Waals surface area contributed by atoms with Crippen molar-refractivity contribution in [1.82, 2.24) is 0 Å². The Morgan fingerprint density at radius 2 is 2.12 bits per heavy atom. The van der Waals surface area contributed by atoms with Crippen LogP contribution in [0.15, 0.2) is 6.07 Å². The van der Waals surface area contributed by atoms with Crippen molar-refractivity contribution in [3.8, 4) is 0 Å². The first-order valence-corrected chi connectivity index (χ1v) is 6.76. The van der Waals surface area contributed by atoms with Crippen molar-refractivity contribution < 1.29 is 4.79 Å². The first-order chi connectivity index (χ1) is 7.74. The maximum absolute atomic E-state index is 11.9. The average Bonchev–Trinajstić information content (AvgIpc) is 2.96. The number of nitrogens with two attached hydrogens (primary N) is 1. The summed E-state index contributed by atoms with van der Waals surface area (Å²) >= 11 is 1.53. The smallest absolute Gasteiger partial charge is 0.178 e. The Bertz CT molecular complexity index is 419. The summed E-state index contributed by atoms with van der Waals surface area (Å²) in [6.45, 7) is 0. The highest BCUT2D eigenvalue weighted by Crippen LogP contribution is 2.39. The highest BCUT2D eigenvalue weighted by atomic mass is 32.1. The third-order valence-corrected chi connectivity index (χ3v) is 4.48. The van der Waals surface area contributed by atoms with E-state index in [1.165, 1.54) is 30.6 Å². The normalized spacial score (nSPS) is 20.5. The number of thiophene rings is 1. The summed E-state index contributed by atoms with van der Waals surface area (Å²) in [6.07, 6.45) is 5.88. The van der Waals surface area contributed by atoms with Crippen LogP contribution in [0.1, 0.15) is 41.8 Å². The van der Waals surface area contributed by atoms with Gasteiger partial charge in [0.2, 0.25) is 0 Å². The Morgan fingerprint density at radius 1 is 1.38 bits per heavy atom. The molecular weight excluding hydrogens is 220 g/mol. The lowest BCUT2D eigenvalue weighted by molar-refractivity contribution is 0.0972. The molecule has 0 aromatic carbocycles. The summed E-state index contributed by atoms with van der Waals surface area (Å²) in [7, 11) is 0. The predicted molar refractivity (Wildman–Crippen MR) is 67.0 cm³/mol. The van der Waals surface area contributed by atoms with Crippen LogP contribution >= 0.6 is 11.3 Å². The molecule has 2 aliphatic rings. The molecule has 3 nitrogen and oxygen atoms in total. The lowest BCUT2D eigenvalue weighted by Crippen LogP contribution is -2.26. The third kappa shape index (κ3) is 1.82. The van der Waals surface area contributed by atoms with Crippen LogP contribution in [-0.2, 0) is 0 Å².